The van der Waals surface area contributed by atoms with E-state index in [1.807, 2.05) is 13.0 Å². The van der Waals surface area contributed by atoms with Crippen molar-refractivity contribution in [2.24, 2.45) is 50.7 Å². The Morgan fingerprint density at radius 2 is 1.80 bits per heavy atom. The molecule has 0 radical (unpaired) electrons. The Bertz CT molecular complexity index is 1420. The van der Waals surface area contributed by atoms with Crippen molar-refractivity contribution in [1.29, 1.82) is 0 Å². The first-order valence-corrected chi connectivity index (χ1v) is 17.2. The van der Waals surface area contributed by atoms with Gasteiger partial charge < -0.3 is 24.8 Å². The summed E-state index contributed by atoms with van der Waals surface area (Å²) in [6.07, 6.45) is 9.90. The molecule has 1 aromatic carbocycles. The van der Waals surface area contributed by atoms with Crippen LogP contribution in [0.25, 0.3) is 0 Å². The summed E-state index contributed by atoms with van der Waals surface area (Å²) in [6.45, 7) is 9.65. The van der Waals surface area contributed by atoms with Crippen LogP contribution in [-0.4, -0.2) is 52.8 Å². The lowest BCUT2D eigenvalue weighted by atomic mass is 9.37. The molecule has 0 aromatic heterocycles. The number of allylic oxidation sites excluding steroid dienone is 1. The number of carbonyl (C=O) groups excluding carboxylic acids is 1. The molecule has 7 aliphatic rings. The Labute approximate surface area is 261 Å². The fourth-order valence-corrected chi connectivity index (χ4v) is 13.1. The Morgan fingerprint density at radius 3 is 2.55 bits per heavy atom. The summed E-state index contributed by atoms with van der Waals surface area (Å²) in [7, 11) is 0. The Kier molecular flexibility index (Phi) is 6.37. The predicted octanol–water partition coefficient (Wildman–Crippen LogP) is 5.92. The van der Waals surface area contributed by atoms with Gasteiger partial charge in [-0.25, -0.2) is 0 Å². The number of rotatable bonds is 4. The Morgan fingerprint density at radius 1 is 1.05 bits per heavy atom. The summed E-state index contributed by atoms with van der Waals surface area (Å²) in [5, 5.41) is 34.1. The van der Waals surface area contributed by atoms with Crippen LogP contribution in [0, 0.1) is 50.7 Å². The zero-order valence-corrected chi connectivity index (χ0v) is 26.8. The molecule has 0 unspecified atom stereocenters. The van der Waals surface area contributed by atoms with Crippen LogP contribution in [0.2, 0.25) is 0 Å². The highest BCUT2D eigenvalue weighted by atomic mass is 16.5. The maximum atomic E-state index is 13.3. The lowest BCUT2D eigenvalue weighted by Crippen LogP contribution is -2.67. The van der Waals surface area contributed by atoms with Gasteiger partial charge in [0.05, 0.1) is 37.4 Å². The molecule has 6 nitrogen and oxygen atoms in total. The second-order valence-electron chi connectivity index (χ2n) is 16.6. The van der Waals surface area contributed by atoms with Gasteiger partial charge in [-0.2, -0.15) is 0 Å². The first-order chi connectivity index (χ1) is 20.9. The first kappa shape index (κ1) is 29.4. The molecule has 4 saturated carbocycles. The molecule has 44 heavy (non-hydrogen) atoms. The van der Waals surface area contributed by atoms with E-state index < -0.39 is 12.2 Å². The van der Waals surface area contributed by atoms with Crippen LogP contribution in [0.5, 0.6) is 0 Å². The summed E-state index contributed by atoms with van der Waals surface area (Å²) in [6, 6.07) is 10.5. The van der Waals surface area contributed by atoms with Crippen LogP contribution >= 0.6 is 0 Å². The maximum Gasteiger partial charge on any atom is 0.309 e. The molecule has 5 aliphatic carbocycles. The van der Waals surface area contributed by atoms with Crippen molar-refractivity contribution < 1.29 is 29.6 Å². The second-order valence-corrected chi connectivity index (χ2v) is 16.6. The number of hydrogen-bond acceptors (Lipinski definition) is 6. The van der Waals surface area contributed by atoms with E-state index in [1.54, 1.807) is 0 Å². The van der Waals surface area contributed by atoms with E-state index in [2.05, 4.69) is 57.2 Å². The number of cyclic esters (lactones) is 1. The molecule has 3 N–H and O–H groups in total. The quantitative estimate of drug-likeness (QED) is 0.293. The third-order valence-corrected chi connectivity index (χ3v) is 15.2. The molecule has 0 amide bonds. The normalized spacial score (nSPS) is 52.6. The van der Waals surface area contributed by atoms with Crippen LogP contribution in [0.4, 0.5) is 0 Å². The summed E-state index contributed by atoms with van der Waals surface area (Å²) < 4.78 is 12.4. The number of aliphatic hydroxyl groups is 3. The standard InChI is InChI=1S/C38H50O6/c1-22(19-39)14-25-16-26(33(42)44-25)27-11-13-37-20-38(27,37)32(41)18-30-34(2)12-10-24-15-28(23-8-6-5-7-9-23)43-21-35(24,3)29(34)17-31(40)36(30,37)4/h5-10,14,25-32,39-41H,11-13,15-21H2,1-4H3/b22-14+/t25-,26-,27-,28-,29+,30+,31+,32+,34-,35-,36-,37+,38+/m0/s1. The van der Waals surface area contributed by atoms with Gasteiger partial charge >= 0.3 is 5.97 Å². The fraction of sp³-hybridized carbons (Fsp3) is 0.711. The minimum absolute atomic E-state index is 0.0409. The molecular formula is C38H50O6. The third kappa shape index (κ3) is 3.49. The number of carbonyl (C=O) groups is 1. The van der Waals surface area contributed by atoms with Gasteiger partial charge in [-0.3, -0.25) is 4.79 Å². The van der Waals surface area contributed by atoms with Gasteiger partial charge in [0.1, 0.15) is 6.10 Å². The van der Waals surface area contributed by atoms with E-state index >= 15 is 0 Å². The highest BCUT2D eigenvalue weighted by Crippen LogP contribution is 2.90. The van der Waals surface area contributed by atoms with Crippen LogP contribution in [-0.2, 0) is 14.3 Å². The highest BCUT2D eigenvalue weighted by Gasteiger charge is 2.88. The van der Waals surface area contributed by atoms with Crippen LogP contribution in [0.3, 0.4) is 0 Å². The SMILES string of the molecule is C/C(=C\[C@H]1C[C@@H]([C@@H]2CC[C@]34C[C@]23[C@H](O)C[C@@H]2[C@@]3(C)CC=C5C[C@@H](c6ccccc6)OC[C@]5(C)[C@@H]3C[C@@H](O)[C@]24C)C(=O)O1)CO. The van der Waals surface area contributed by atoms with E-state index in [4.69, 9.17) is 9.47 Å². The molecule has 2 saturated heterocycles. The van der Waals surface area contributed by atoms with Gasteiger partial charge in [0.15, 0.2) is 0 Å². The average Bonchev–Trinajstić information content (AvgIpc) is 3.43. The number of hydrogen-bond donors (Lipinski definition) is 3. The molecule has 2 aliphatic heterocycles. The van der Waals surface area contributed by atoms with Crippen molar-refractivity contribution in [1.82, 2.24) is 0 Å². The number of aliphatic hydroxyl groups excluding tert-OH is 3. The maximum absolute atomic E-state index is 13.3. The molecule has 0 spiro atoms. The average molecular weight is 603 g/mol. The van der Waals surface area contributed by atoms with E-state index in [9.17, 15) is 20.1 Å². The smallest absolute Gasteiger partial charge is 0.309 e. The van der Waals surface area contributed by atoms with Gasteiger partial charge in [-0.1, -0.05) is 62.8 Å². The lowest BCUT2D eigenvalue weighted by molar-refractivity contribution is -0.240. The molecule has 13 atom stereocenters. The van der Waals surface area contributed by atoms with E-state index in [0.717, 1.165) is 44.1 Å². The van der Waals surface area contributed by atoms with E-state index in [-0.39, 0.29) is 75.5 Å². The Balaban J connectivity index is 1.10. The summed E-state index contributed by atoms with van der Waals surface area (Å²) in [4.78, 5) is 13.3. The predicted molar refractivity (Wildman–Crippen MR) is 166 cm³/mol. The van der Waals surface area contributed by atoms with Gasteiger partial charge in [-0.05, 0) is 97.7 Å². The molecule has 2 heterocycles. The molecule has 238 valence electrons. The molecule has 6 heteroatoms. The largest absolute Gasteiger partial charge is 0.458 e. The number of esters is 1. The molecular weight excluding hydrogens is 552 g/mol. The minimum atomic E-state index is -0.485. The zero-order chi connectivity index (χ0) is 30.9. The van der Waals surface area contributed by atoms with Crippen molar-refractivity contribution in [3.05, 3.63) is 59.2 Å². The lowest BCUT2D eigenvalue weighted by Gasteiger charge is -2.68. The van der Waals surface area contributed by atoms with Crippen LogP contribution in [0.1, 0.15) is 90.7 Å². The summed E-state index contributed by atoms with van der Waals surface area (Å²) >= 11 is 0. The van der Waals surface area contributed by atoms with Gasteiger partial charge in [0.2, 0.25) is 0 Å². The topological polar surface area (TPSA) is 96.2 Å². The fourth-order valence-electron chi connectivity index (χ4n) is 13.1. The zero-order valence-electron chi connectivity index (χ0n) is 26.8. The van der Waals surface area contributed by atoms with Crippen molar-refractivity contribution in [3.8, 4) is 0 Å². The summed E-state index contributed by atoms with van der Waals surface area (Å²) in [5.74, 6) is 0.151. The number of ether oxygens (including phenoxy) is 2. The van der Waals surface area contributed by atoms with Crippen molar-refractivity contribution in [2.45, 2.75) is 103 Å². The monoisotopic (exact) mass is 602 g/mol. The first-order valence-electron chi connectivity index (χ1n) is 17.2. The van der Waals surface area contributed by atoms with Gasteiger partial charge in [0.25, 0.3) is 0 Å². The van der Waals surface area contributed by atoms with Gasteiger partial charge in [0, 0.05) is 22.7 Å². The number of fused-ring (bicyclic) bond motifs is 5. The molecule has 0 bridgehead atoms. The number of benzene rings is 1. The minimum Gasteiger partial charge on any atom is -0.458 e. The van der Waals surface area contributed by atoms with Crippen molar-refractivity contribution in [3.63, 3.8) is 0 Å². The Hall–Kier alpha value is -1.99. The third-order valence-electron chi connectivity index (χ3n) is 15.2. The van der Waals surface area contributed by atoms with E-state index in [0.29, 0.717) is 19.4 Å². The molecule has 6 fully saturated rings. The van der Waals surface area contributed by atoms with E-state index in [1.165, 1.54) is 11.1 Å². The van der Waals surface area contributed by atoms with Crippen LogP contribution in [0.15, 0.2) is 53.6 Å². The molecule has 8 rings (SSSR count). The summed E-state index contributed by atoms with van der Waals surface area (Å²) in [5.41, 5.74) is 2.54. The van der Waals surface area contributed by atoms with Gasteiger partial charge in [-0.15, -0.1) is 0 Å². The van der Waals surface area contributed by atoms with Crippen LogP contribution < -0.4 is 0 Å². The van der Waals surface area contributed by atoms with Crippen molar-refractivity contribution in [2.75, 3.05) is 13.2 Å². The van der Waals surface area contributed by atoms with Crippen molar-refractivity contribution >= 4 is 5.97 Å². The second kappa shape index (κ2) is 9.53. The highest BCUT2D eigenvalue weighted by molar-refractivity contribution is 5.76. The molecule has 1 aromatic rings.